The zero-order valence-corrected chi connectivity index (χ0v) is 19.4. The molecule has 1 heterocycles. The highest BCUT2D eigenvalue weighted by atomic mass is 79.9. The van der Waals surface area contributed by atoms with E-state index in [4.69, 9.17) is 9.47 Å². The Morgan fingerprint density at radius 1 is 0.781 bits per heavy atom. The highest BCUT2D eigenvalue weighted by molar-refractivity contribution is 9.10. The van der Waals surface area contributed by atoms with Gasteiger partial charge in [0.25, 0.3) is 20.0 Å². The summed E-state index contributed by atoms with van der Waals surface area (Å²) in [4.78, 5) is -0.739. The van der Waals surface area contributed by atoms with Crippen LogP contribution >= 0.6 is 15.9 Å². The number of halogens is 2. The number of benzene rings is 3. The minimum Gasteiger partial charge on any atom is -0.486 e. The molecule has 32 heavy (non-hydrogen) atoms. The Hall–Kier alpha value is -2.83. The van der Waals surface area contributed by atoms with E-state index in [9.17, 15) is 21.2 Å². The van der Waals surface area contributed by atoms with Crippen LogP contribution in [-0.2, 0) is 20.0 Å². The fourth-order valence-corrected chi connectivity index (χ4v) is 5.58. The van der Waals surface area contributed by atoms with Crippen LogP contribution in [0.2, 0.25) is 0 Å². The summed E-state index contributed by atoms with van der Waals surface area (Å²) in [7, 11) is -8.55. The molecule has 0 aliphatic carbocycles. The second-order valence-corrected chi connectivity index (χ2v) is 10.9. The number of ether oxygens (including phenoxy) is 2. The molecule has 1 aliphatic rings. The van der Waals surface area contributed by atoms with Crippen molar-refractivity contribution < 1.29 is 30.7 Å². The molecule has 0 atom stereocenters. The molecule has 4 rings (SSSR count). The van der Waals surface area contributed by atoms with Gasteiger partial charge >= 0.3 is 0 Å². The smallest absolute Gasteiger partial charge is 0.264 e. The zero-order chi connectivity index (χ0) is 22.9. The van der Waals surface area contributed by atoms with E-state index in [0.717, 1.165) is 22.7 Å². The standard InChI is InChI=1S/C20H16BrFN2O6S2/c21-13-1-4-15(5-2-13)23-32(27,28)20-11-14(22)3-7-17(20)24-31(25,26)16-6-8-18-19(12-16)30-10-9-29-18/h1-8,11-12,23-24H,9-10H2. The molecule has 12 heteroatoms. The number of nitrogens with one attached hydrogen (secondary N) is 2. The molecule has 0 saturated heterocycles. The Labute approximate surface area is 192 Å². The Morgan fingerprint density at radius 3 is 2.19 bits per heavy atom. The maximum absolute atomic E-state index is 13.9. The van der Waals surface area contributed by atoms with Crippen LogP contribution in [0, 0.1) is 5.82 Å². The van der Waals surface area contributed by atoms with E-state index in [0.29, 0.717) is 12.4 Å². The van der Waals surface area contributed by atoms with E-state index in [1.54, 1.807) is 12.1 Å². The lowest BCUT2D eigenvalue weighted by Crippen LogP contribution is -2.20. The molecule has 0 unspecified atom stereocenters. The molecular formula is C20H16BrFN2O6S2. The fraction of sp³-hybridized carbons (Fsp3) is 0.100. The molecule has 8 nitrogen and oxygen atoms in total. The monoisotopic (exact) mass is 542 g/mol. The summed E-state index contributed by atoms with van der Waals surface area (Å²) in [6.45, 7) is 0.617. The maximum atomic E-state index is 13.9. The predicted octanol–water partition coefficient (Wildman–Crippen LogP) is 3.96. The van der Waals surface area contributed by atoms with E-state index >= 15 is 0 Å². The van der Waals surface area contributed by atoms with Crippen molar-refractivity contribution in [1.29, 1.82) is 0 Å². The SMILES string of the molecule is O=S(=O)(Nc1ccc(F)cc1S(=O)(=O)Nc1ccc(Br)cc1)c1ccc2c(c1)OCCO2. The average Bonchev–Trinajstić information content (AvgIpc) is 2.76. The Bertz CT molecular complexity index is 1380. The summed E-state index contributed by atoms with van der Waals surface area (Å²) < 4.78 is 81.6. The molecule has 3 aromatic carbocycles. The Morgan fingerprint density at radius 2 is 1.47 bits per heavy atom. The highest BCUT2D eigenvalue weighted by Gasteiger charge is 2.25. The number of hydrogen-bond acceptors (Lipinski definition) is 6. The van der Waals surface area contributed by atoms with E-state index in [1.165, 1.54) is 30.3 Å². The number of anilines is 2. The van der Waals surface area contributed by atoms with Gasteiger partial charge in [-0.2, -0.15) is 0 Å². The van der Waals surface area contributed by atoms with Gasteiger partial charge in [0.05, 0.1) is 10.6 Å². The van der Waals surface area contributed by atoms with Gasteiger partial charge in [-0.05, 0) is 54.6 Å². The normalized spacial score (nSPS) is 13.4. The summed E-state index contributed by atoms with van der Waals surface area (Å²) in [6, 6.07) is 13.0. The lowest BCUT2D eigenvalue weighted by molar-refractivity contribution is 0.171. The van der Waals surface area contributed by atoms with Gasteiger partial charge in [0.2, 0.25) is 0 Å². The quantitative estimate of drug-likeness (QED) is 0.487. The van der Waals surface area contributed by atoms with Crippen LogP contribution in [0.15, 0.2) is 74.9 Å². The van der Waals surface area contributed by atoms with Crippen LogP contribution in [-0.4, -0.2) is 30.0 Å². The van der Waals surface area contributed by atoms with E-state index in [2.05, 4.69) is 25.4 Å². The van der Waals surface area contributed by atoms with Crippen LogP contribution in [0.1, 0.15) is 0 Å². The Kier molecular flexibility index (Phi) is 6.01. The van der Waals surface area contributed by atoms with Crippen molar-refractivity contribution in [2.24, 2.45) is 0 Å². The summed E-state index contributed by atoms with van der Waals surface area (Å²) in [6.07, 6.45) is 0. The molecule has 168 valence electrons. The molecule has 0 saturated carbocycles. The third-order valence-electron chi connectivity index (χ3n) is 4.40. The zero-order valence-electron chi connectivity index (χ0n) is 16.2. The molecular weight excluding hydrogens is 527 g/mol. The number of fused-ring (bicyclic) bond motifs is 1. The minimum atomic E-state index is -4.33. The predicted molar refractivity (Wildman–Crippen MR) is 120 cm³/mol. The van der Waals surface area contributed by atoms with Gasteiger partial charge in [-0.1, -0.05) is 15.9 Å². The Balaban J connectivity index is 1.68. The summed E-state index contributed by atoms with van der Waals surface area (Å²) in [5, 5.41) is 0. The third-order valence-corrected chi connectivity index (χ3v) is 7.71. The largest absolute Gasteiger partial charge is 0.486 e. The van der Waals surface area contributed by atoms with Crippen molar-refractivity contribution in [3.05, 3.63) is 71.0 Å². The summed E-state index contributed by atoms with van der Waals surface area (Å²) in [5.41, 5.74) is -0.0935. The molecule has 2 N–H and O–H groups in total. The number of sulfonamides is 2. The topological polar surface area (TPSA) is 111 Å². The first-order chi connectivity index (χ1) is 15.1. The first kappa shape index (κ1) is 22.4. The lowest BCUT2D eigenvalue weighted by atomic mass is 10.3. The summed E-state index contributed by atoms with van der Waals surface area (Å²) >= 11 is 3.25. The van der Waals surface area contributed by atoms with Gasteiger partial charge in [0.15, 0.2) is 11.5 Å². The second-order valence-electron chi connectivity index (χ2n) is 6.66. The second kappa shape index (κ2) is 8.60. The van der Waals surface area contributed by atoms with Crippen LogP contribution in [0.3, 0.4) is 0 Å². The van der Waals surface area contributed by atoms with Crippen molar-refractivity contribution in [2.75, 3.05) is 22.7 Å². The van der Waals surface area contributed by atoms with Crippen molar-refractivity contribution in [2.45, 2.75) is 9.79 Å². The van der Waals surface area contributed by atoms with Gasteiger partial charge in [0, 0.05) is 16.2 Å². The molecule has 3 aromatic rings. The maximum Gasteiger partial charge on any atom is 0.264 e. The van der Waals surface area contributed by atoms with Crippen LogP contribution in [0.5, 0.6) is 11.5 Å². The highest BCUT2D eigenvalue weighted by Crippen LogP contribution is 2.34. The van der Waals surface area contributed by atoms with Crippen molar-refractivity contribution in [3.63, 3.8) is 0 Å². The molecule has 0 spiro atoms. The fourth-order valence-electron chi connectivity index (χ4n) is 2.93. The van der Waals surface area contributed by atoms with Crippen LogP contribution < -0.4 is 18.9 Å². The molecule has 0 bridgehead atoms. The van der Waals surface area contributed by atoms with Crippen molar-refractivity contribution >= 4 is 47.4 Å². The third kappa shape index (κ3) is 4.81. The average molecular weight is 543 g/mol. The van der Waals surface area contributed by atoms with Crippen LogP contribution in [0.25, 0.3) is 0 Å². The number of hydrogen-bond donors (Lipinski definition) is 2. The first-order valence-electron chi connectivity index (χ1n) is 9.14. The summed E-state index contributed by atoms with van der Waals surface area (Å²) in [5.74, 6) is -0.189. The van der Waals surface area contributed by atoms with Gasteiger partial charge in [-0.15, -0.1) is 0 Å². The molecule has 0 radical (unpaired) electrons. The van der Waals surface area contributed by atoms with Gasteiger partial charge < -0.3 is 9.47 Å². The van der Waals surface area contributed by atoms with E-state index in [-0.39, 0.29) is 28.6 Å². The molecule has 0 fully saturated rings. The van der Waals surface area contributed by atoms with Gasteiger partial charge in [0.1, 0.15) is 23.9 Å². The lowest BCUT2D eigenvalue weighted by Gasteiger charge is -2.19. The first-order valence-corrected chi connectivity index (χ1v) is 12.9. The van der Waals surface area contributed by atoms with Gasteiger partial charge in [-0.3, -0.25) is 9.44 Å². The molecule has 0 aromatic heterocycles. The van der Waals surface area contributed by atoms with Gasteiger partial charge in [-0.25, -0.2) is 21.2 Å². The van der Waals surface area contributed by atoms with Crippen LogP contribution in [0.4, 0.5) is 15.8 Å². The van der Waals surface area contributed by atoms with E-state index in [1.807, 2.05) is 0 Å². The van der Waals surface area contributed by atoms with Crippen molar-refractivity contribution in [3.8, 4) is 11.5 Å². The van der Waals surface area contributed by atoms with E-state index < -0.39 is 30.8 Å². The van der Waals surface area contributed by atoms with Crippen molar-refractivity contribution in [1.82, 2.24) is 0 Å². The minimum absolute atomic E-state index is 0.171. The molecule has 1 aliphatic heterocycles. The molecule has 0 amide bonds. The number of rotatable bonds is 6.